The fourth-order valence-electron chi connectivity index (χ4n) is 2.36. The Hall–Kier alpha value is -0.0400. The maximum absolute atomic E-state index is 12.8. The average Bonchev–Trinajstić information content (AvgIpc) is 2.49. The van der Waals surface area contributed by atoms with E-state index in [9.17, 15) is 8.42 Å². The summed E-state index contributed by atoms with van der Waals surface area (Å²) in [6, 6.07) is 2.94. The summed E-state index contributed by atoms with van der Waals surface area (Å²) in [4.78, 5) is 0.00377. The summed E-state index contributed by atoms with van der Waals surface area (Å²) in [5, 5.41) is 0.433. The third-order valence-electron chi connectivity index (χ3n) is 3.52. The third-order valence-corrected chi connectivity index (χ3v) is 6.47. The molecule has 118 valence electrons. The van der Waals surface area contributed by atoms with Gasteiger partial charge in [0.1, 0.15) is 4.90 Å². The first-order chi connectivity index (χ1) is 9.90. The quantitative estimate of drug-likeness (QED) is 0.760. The van der Waals surface area contributed by atoms with Crippen molar-refractivity contribution in [2.24, 2.45) is 0 Å². The Bertz CT molecular complexity index is 621. The van der Waals surface area contributed by atoms with Crippen molar-refractivity contribution in [2.75, 3.05) is 20.2 Å². The molecule has 8 heteroatoms. The van der Waals surface area contributed by atoms with Gasteiger partial charge in [0.25, 0.3) is 0 Å². The van der Waals surface area contributed by atoms with Crippen LogP contribution < -0.4 is 0 Å². The number of alkyl halides is 1. The highest BCUT2D eigenvalue weighted by Crippen LogP contribution is 2.33. The summed E-state index contributed by atoms with van der Waals surface area (Å²) in [6.45, 7) is 0.763. The molecular formula is C13H16Cl3NO3S. The van der Waals surface area contributed by atoms with Crippen LogP contribution in [-0.4, -0.2) is 39.0 Å². The molecule has 0 N–H and O–H groups in total. The second kappa shape index (κ2) is 7.02. The van der Waals surface area contributed by atoms with Crippen molar-refractivity contribution < 1.29 is 13.2 Å². The molecule has 1 aliphatic rings. The van der Waals surface area contributed by atoms with E-state index in [1.54, 1.807) is 13.2 Å². The average molecular weight is 373 g/mol. The molecule has 0 aromatic heterocycles. The monoisotopic (exact) mass is 371 g/mol. The van der Waals surface area contributed by atoms with E-state index in [1.165, 1.54) is 10.4 Å². The Balaban J connectivity index is 2.42. The van der Waals surface area contributed by atoms with Gasteiger partial charge in [-0.25, -0.2) is 8.42 Å². The molecule has 21 heavy (non-hydrogen) atoms. The number of ether oxygens (including phenoxy) is 1. The summed E-state index contributed by atoms with van der Waals surface area (Å²) >= 11 is 17.9. The molecule has 1 aromatic rings. The number of benzene rings is 1. The van der Waals surface area contributed by atoms with Gasteiger partial charge in [-0.3, -0.25) is 0 Å². The lowest BCUT2D eigenvalue weighted by molar-refractivity contribution is 0.0572. The first kappa shape index (κ1) is 17.3. The zero-order chi connectivity index (χ0) is 15.6. The molecule has 1 atom stereocenters. The number of piperidine rings is 1. The number of methoxy groups -OCH3 is 1. The number of sulfonamides is 1. The molecule has 4 nitrogen and oxygen atoms in total. The van der Waals surface area contributed by atoms with Crippen molar-refractivity contribution in [1.29, 1.82) is 0 Å². The van der Waals surface area contributed by atoms with Gasteiger partial charge in [-0.15, -0.1) is 11.6 Å². The second-order valence-corrected chi connectivity index (χ2v) is 7.86. The maximum Gasteiger partial charge on any atom is 0.244 e. The Morgan fingerprint density at radius 1 is 1.38 bits per heavy atom. The normalized spacial score (nSPS) is 20.7. The lowest BCUT2D eigenvalue weighted by Crippen LogP contribution is -2.42. The smallest absolute Gasteiger partial charge is 0.244 e. The lowest BCUT2D eigenvalue weighted by atomic mass is 10.1. The fourth-order valence-corrected chi connectivity index (χ4v) is 5.05. The molecule has 2 rings (SSSR count). The molecule has 0 amide bonds. The zero-order valence-electron chi connectivity index (χ0n) is 11.5. The van der Waals surface area contributed by atoms with E-state index in [0.717, 1.165) is 12.8 Å². The molecule has 1 aromatic carbocycles. The fraction of sp³-hybridized carbons (Fsp3) is 0.538. The van der Waals surface area contributed by atoms with Crippen LogP contribution in [0.15, 0.2) is 17.0 Å². The van der Waals surface area contributed by atoms with E-state index in [4.69, 9.17) is 39.5 Å². The number of hydrogen-bond donors (Lipinski definition) is 0. The predicted molar refractivity (Wildman–Crippen MR) is 84.8 cm³/mol. The standard InChI is InChI=1S/C13H16Cl3NO3S/c1-20-11-3-2-4-17(8-11)21(18,19)12-6-10(15)5-9(7-14)13(12)16/h5-6,11H,2-4,7-8H2,1H3. The molecule has 0 bridgehead atoms. The molecule has 0 saturated carbocycles. The van der Waals surface area contributed by atoms with Crippen molar-refractivity contribution in [3.63, 3.8) is 0 Å². The van der Waals surface area contributed by atoms with Crippen LogP contribution in [0.3, 0.4) is 0 Å². The molecule has 1 fully saturated rings. The van der Waals surface area contributed by atoms with Gasteiger partial charge in [-0.1, -0.05) is 23.2 Å². The van der Waals surface area contributed by atoms with Crippen LogP contribution in [0, 0.1) is 0 Å². The van der Waals surface area contributed by atoms with Crippen LogP contribution in [0.1, 0.15) is 18.4 Å². The van der Waals surface area contributed by atoms with Crippen molar-refractivity contribution in [3.8, 4) is 0 Å². The molecule has 0 aliphatic carbocycles. The van der Waals surface area contributed by atoms with Crippen molar-refractivity contribution in [1.82, 2.24) is 4.31 Å². The Morgan fingerprint density at radius 3 is 2.71 bits per heavy atom. The summed E-state index contributed by atoms with van der Waals surface area (Å²) in [5.74, 6) is 0.0998. The van der Waals surface area contributed by atoms with Crippen LogP contribution in [0.5, 0.6) is 0 Å². The van der Waals surface area contributed by atoms with Crippen molar-refractivity contribution >= 4 is 44.8 Å². The van der Waals surface area contributed by atoms with E-state index in [-0.39, 0.29) is 21.9 Å². The van der Waals surface area contributed by atoms with Crippen LogP contribution >= 0.6 is 34.8 Å². The molecule has 0 radical (unpaired) electrons. The van der Waals surface area contributed by atoms with Crippen LogP contribution in [0.4, 0.5) is 0 Å². The van der Waals surface area contributed by atoms with E-state index in [1.807, 2.05) is 0 Å². The van der Waals surface area contributed by atoms with Gasteiger partial charge in [-0.05, 0) is 30.5 Å². The van der Waals surface area contributed by atoms with Gasteiger partial charge in [0, 0.05) is 31.1 Å². The van der Waals surface area contributed by atoms with Crippen molar-refractivity contribution in [2.45, 2.75) is 29.7 Å². The maximum atomic E-state index is 12.8. The Labute approximate surface area is 140 Å². The van der Waals surface area contributed by atoms with E-state index >= 15 is 0 Å². The number of nitrogens with zero attached hydrogens (tertiary/aromatic N) is 1. The highest BCUT2D eigenvalue weighted by molar-refractivity contribution is 7.89. The molecular weight excluding hydrogens is 357 g/mol. The molecule has 1 saturated heterocycles. The summed E-state index contributed by atoms with van der Waals surface area (Å²) in [6.07, 6.45) is 1.50. The minimum absolute atomic E-state index is 0.00377. The number of hydrogen-bond acceptors (Lipinski definition) is 3. The Morgan fingerprint density at radius 2 is 2.10 bits per heavy atom. The summed E-state index contributed by atoms with van der Waals surface area (Å²) < 4.78 is 32.2. The second-order valence-electron chi connectivity index (χ2n) is 4.87. The van der Waals surface area contributed by atoms with E-state index in [2.05, 4.69) is 0 Å². The lowest BCUT2D eigenvalue weighted by Gasteiger charge is -2.31. The van der Waals surface area contributed by atoms with Gasteiger partial charge in [0.05, 0.1) is 11.1 Å². The van der Waals surface area contributed by atoms with E-state index < -0.39 is 10.0 Å². The number of halogens is 3. The SMILES string of the molecule is COC1CCCN(S(=O)(=O)c2cc(Cl)cc(CCl)c2Cl)C1. The largest absolute Gasteiger partial charge is 0.380 e. The molecule has 1 heterocycles. The van der Waals surface area contributed by atoms with Gasteiger partial charge in [-0.2, -0.15) is 4.31 Å². The van der Waals surface area contributed by atoms with Gasteiger partial charge < -0.3 is 4.74 Å². The molecule has 1 aliphatic heterocycles. The summed E-state index contributed by atoms with van der Waals surface area (Å²) in [7, 11) is -2.13. The minimum Gasteiger partial charge on any atom is -0.380 e. The highest BCUT2D eigenvalue weighted by atomic mass is 35.5. The summed E-state index contributed by atoms with van der Waals surface area (Å²) in [5.41, 5.74) is 0.504. The molecule has 0 spiro atoms. The molecule has 1 unspecified atom stereocenters. The first-order valence-electron chi connectivity index (χ1n) is 6.47. The first-order valence-corrected chi connectivity index (χ1v) is 9.20. The topological polar surface area (TPSA) is 46.6 Å². The Kier molecular flexibility index (Phi) is 5.79. The van der Waals surface area contributed by atoms with E-state index in [0.29, 0.717) is 23.7 Å². The van der Waals surface area contributed by atoms with Gasteiger partial charge >= 0.3 is 0 Å². The van der Waals surface area contributed by atoms with Gasteiger partial charge in [0.2, 0.25) is 10.0 Å². The van der Waals surface area contributed by atoms with Crippen LogP contribution in [-0.2, 0) is 20.6 Å². The minimum atomic E-state index is -3.71. The number of rotatable bonds is 4. The zero-order valence-corrected chi connectivity index (χ0v) is 14.6. The van der Waals surface area contributed by atoms with Crippen LogP contribution in [0.25, 0.3) is 0 Å². The third kappa shape index (κ3) is 3.66. The highest BCUT2D eigenvalue weighted by Gasteiger charge is 2.32. The van der Waals surface area contributed by atoms with Crippen LogP contribution in [0.2, 0.25) is 10.0 Å². The van der Waals surface area contributed by atoms with Crippen molar-refractivity contribution in [3.05, 3.63) is 27.7 Å². The predicted octanol–water partition coefficient (Wildman–Crippen LogP) is 3.53. The van der Waals surface area contributed by atoms with Gasteiger partial charge in [0.15, 0.2) is 0 Å².